The highest BCUT2D eigenvalue weighted by atomic mass is 16.5. The van der Waals surface area contributed by atoms with Crippen LogP contribution in [-0.2, 0) is 16.1 Å². The number of nitrogens with two attached hydrogens (primary N) is 1. The van der Waals surface area contributed by atoms with E-state index in [0.717, 1.165) is 66.0 Å². The second kappa shape index (κ2) is 12.3. The maximum atomic E-state index is 12.5. The molecule has 10 nitrogen and oxygen atoms in total. The molecule has 0 bridgehead atoms. The highest BCUT2D eigenvalue weighted by Crippen LogP contribution is 2.33. The van der Waals surface area contributed by atoms with E-state index < -0.39 is 11.9 Å². The molecule has 0 aliphatic carbocycles. The van der Waals surface area contributed by atoms with E-state index in [0.29, 0.717) is 23.5 Å². The molecule has 4 heterocycles. The fraction of sp³-hybridized carbons (Fsp3) is 0.448. The third-order valence-electron chi connectivity index (χ3n) is 6.88. The molecule has 0 aromatic carbocycles. The molecule has 4 aromatic rings. The van der Waals surface area contributed by atoms with Crippen molar-refractivity contribution >= 4 is 28.6 Å². The zero-order valence-corrected chi connectivity index (χ0v) is 23.1. The number of rotatable bonds is 13. The fourth-order valence-corrected chi connectivity index (χ4v) is 4.90. The minimum atomic E-state index is -0.747. The van der Waals surface area contributed by atoms with E-state index >= 15 is 0 Å². The number of aliphatic carboxylic acids is 1. The van der Waals surface area contributed by atoms with Gasteiger partial charge in [-0.15, -0.1) is 0 Å². The Balaban J connectivity index is 1.74. The van der Waals surface area contributed by atoms with Crippen LogP contribution in [-0.4, -0.2) is 49.7 Å². The molecule has 0 fully saturated rings. The summed E-state index contributed by atoms with van der Waals surface area (Å²) in [4.78, 5) is 33.1. The first-order chi connectivity index (χ1) is 18.7. The summed E-state index contributed by atoms with van der Waals surface area (Å²) in [5.74, 6) is -0.679. The number of methoxy groups -OCH3 is 1. The van der Waals surface area contributed by atoms with Gasteiger partial charge < -0.3 is 24.9 Å². The third kappa shape index (κ3) is 6.06. The van der Waals surface area contributed by atoms with Crippen molar-refractivity contribution in [3.8, 4) is 17.3 Å². The summed E-state index contributed by atoms with van der Waals surface area (Å²) in [5, 5.41) is 9.85. The zero-order chi connectivity index (χ0) is 28.1. The highest BCUT2D eigenvalue weighted by Gasteiger charge is 2.22. The SMILES string of the molecule is CCOC(=O)c1cc(OC)n2c(C)c(-c3cc4ccc(C(C)N)nc4n3CCCCCCCC(=O)O)nc2c1. The summed E-state index contributed by atoms with van der Waals surface area (Å²) >= 11 is 0. The summed E-state index contributed by atoms with van der Waals surface area (Å²) in [5.41, 5.74) is 11.4. The van der Waals surface area contributed by atoms with E-state index in [1.165, 1.54) is 0 Å². The van der Waals surface area contributed by atoms with Crippen LogP contribution in [0.1, 0.15) is 80.2 Å². The fourth-order valence-electron chi connectivity index (χ4n) is 4.90. The van der Waals surface area contributed by atoms with E-state index in [1.54, 1.807) is 26.2 Å². The van der Waals surface area contributed by atoms with Crippen LogP contribution < -0.4 is 10.5 Å². The molecule has 208 valence electrons. The van der Waals surface area contributed by atoms with Crippen LogP contribution in [0.4, 0.5) is 0 Å². The number of carbonyl (C=O) groups is 2. The lowest BCUT2D eigenvalue weighted by molar-refractivity contribution is -0.137. The highest BCUT2D eigenvalue weighted by molar-refractivity contribution is 5.91. The lowest BCUT2D eigenvalue weighted by atomic mass is 10.1. The maximum absolute atomic E-state index is 12.5. The second-order valence-corrected chi connectivity index (χ2v) is 9.78. The first kappa shape index (κ1) is 28.1. The molecular weight excluding hydrogens is 498 g/mol. The minimum Gasteiger partial charge on any atom is -0.482 e. The average molecular weight is 536 g/mol. The van der Waals surface area contributed by atoms with Gasteiger partial charge in [-0.2, -0.15) is 0 Å². The predicted molar refractivity (Wildman–Crippen MR) is 149 cm³/mol. The van der Waals surface area contributed by atoms with Crippen molar-refractivity contribution in [3.05, 3.63) is 47.3 Å². The monoisotopic (exact) mass is 535 g/mol. The van der Waals surface area contributed by atoms with E-state index in [9.17, 15) is 9.59 Å². The molecule has 1 atom stereocenters. The molecule has 0 aliphatic rings. The normalized spacial score (nSPS) is 12.2. The molecule has 0 spiro atoms. The quantitative estimate of drug-likeness (QED) is 0.174. The van der Waals surface area contributed by atoms with Crippen LogP contribution >= 0.6 is 0 Å². The molecule has 1 unspecified atom stereocenters. The van der Waals surface area contributed by atoms with Crippen LogP contribution in [0.3, 0.4) is 0 Å². The van der Waals surface area contributed by atoms with Gasteiger partial charge in [-0.1, -0.05) is 19.3 Å². The van der Waals surface area contributed by atoms with Gasteiger partial charge in [-0.3, -0.25) is 9.20 Å². The van der Waals surface area contributed by atoms with Crippen molar-refractivity contribution in [1.82, 2.24) is 18.9 Å². The first-order valence-electron chi connectivity index (χ1n) is 13.5. The largest absolute Gasteiger partial charge is 0.482 e. The van der Waals surface area contributed by atoms with Crippen LogP contribution in [0.5, 0.6) is 5.88 Å². The number of imidazole rings is 1. The van der Waals surface area contributed by atoms with Crippen LogP contribution in [0.25, 0.3) is 28.1 Å². The summed E-state index contributed by atoms with van der Waals surface area (Å²) in [6, 6.07) is 9.27. The number of aryl methyl sites for hydroxylation is 2. The summed E-state index contributed by atoms with van der Waals surface area (Å²) in [6.07, 6.45) is 4.67. The summed E-state index contributed by atoms with van der Waals surface area (Å²) in [7, 11) is 1.57. The molecular formula is C29H37N5O5. The number of unbranched alkanes of at least 4 members (excludes halogenated alkanes) is 4. The van der Waals surface area contributed by atoms with Crippen molar-refractivity contribution in [3.63, 3.8) is 0 Å². The maximum Gasteiger partial charge on any atom is 0.338 e. The van der Waals surface area contributed by atoms with Crippen LogP contribution in [0.15, 0.2) is 30.3 Å². The Hall–Kier alpha value is -3.92. The number of carbonyl (C=O) groups excluding carboxylic acids is 1. The van der Waals surface area contributed by atoms with Crippen molar-refractivity contribution < 1.29 is 24.2 Å². The van der Waals surface area contributed by atoms with Crippen molar-refractivity contribution in [2.45, 2.75) is 71.9 Å². The van der Waals surface area contributed by atoms with Crippen molar-refractivity contribution in [2.75, 3.05) is 13.7 Å². The van der Waals surface area contributed by atoms with Gasteiger partial charge in [-0.05, 0) is 57.9 Å². The van der Waals surface area contributed by atoms with E-state index in [2.05, 4.69) is 10.6 Å². The van der Waals surface area contributed by atoms with Crippen LogP contribution in [0.2, 0.25) is 0 Å². The Labute approximate surface area is 227 Å². The number of carboxylic acids is 1. The molecule has 0 amide bonds. The van der Waals surface area contributed by atoms with Gasteiger partial charge in [0, 0.05) is 30.5 Å². The van der Waals surface area contributed by atoms with Gasteiger partial charge in [0.05, 0.1) is 36.4 Å². The van der Waals surface area contributed by atoms with Crippen molar-refractivity contribution in [2.24, 2.45) is 5.73 Å². The number of ether oxygens (including phenoxy) is 2. The Bertz CT molecular complexity index is 1490. The van der Waals surface area contributed by atoms with E-state index in [-0.39, 0.29) is 19.1 Å². The van der Waals surface area contributed by atoms with Gasteiger partial charge in [-0.25, -0.2) is 14.8 Å². The predicted octanol–water partition coefficient (Wildman–Crippen LogP) is 5.29. The lowest BCUT2D eigenvalue weighted by Crippen LogP contribution is -2.09. The number of esters is 1. The van der Waals surface area contributed by atoms with Crippen LogP contribution in [0, 0.1) is 6.92 Å². The number of carboxylic acid groups (broad SMARTS) is 1. The van der Waals surface area contributed by atoms with Crippen molar-refractivity contribution in [1.29, 1.82) is 0 Å². The lowest BCUT2D eigenvalue weighted by Gasteiger charge is -2.12. The number of pyridine rings is 2. The first-order valence-corrected chi connectivity index (χ1v) is 13.5. The third-order valence-corrected chi connectivity index (χ3v) is 6.88. The van der Waals surface area contributed by atoms with E-state index in [1.807, 2.05) is 30.4 Å². The Kier molecular flexibility index (Phi) is 8.86. The number of fused-ring (bicyclic) bond motifs is 2. The second-order valence-electron chi connectivity index (χ2n) is 9.78. The summed E-state index contributed by atoms with van der Waals surface area (Å²) < 4.78 is 14.9. The topological polar surface area (TPSA) is 134 Å². The molecule has 0 aliphatic heterocycles. The Morgan fingerprint density at radius 2 is 1.82 bits per heavy atom. The van der Waals surface area contributed by atoms with Gasteiger partial charge in [0.15, 0.2) is 5.88 Å². The standard InChI is InChI=1S/C29H37N5O5/c1-5-39-29(37)21-16-24-32-27(19(3)34(24)25(17-21)38-4)23-15-20-12-13-22(18(2)30)31-28(20)33(23)14-10-8-6-7-9-11-26(35)36/h12-13,15-18H,5-11,14,30H2,1-4H3,(H,35,36). The smallest absolute Gasteiger partial charge is 0.338 e. The molecule has 0 radical (unpaired) electrons. The number of hydrogen-bond donors (Lipinski definition) is 2. The van der Waals surface area contributed by atoms with Gasteiger partial charge in [0.2, 0.25) is 0 Å². The minimum absolute atomic E-state index is 0.196. The Morgan fingerprint density at radius 3 is 2.51 bits per heavy atom. The molecule has 4 rings (SSSR count). The molecule has 4 aromatic heterocycles. The summed E-state index contributed by atoms with van der Waals surface area (Å²) in [6.45, 7) is 6.67. The van der Waals surface area contributed by atoms with Gasteiger partial charge in [0.1, 0.15) is 17.0 Å². The Morgan fingerprint density at radius 1 is 1.08 bits per heavy atom. The van der Waals surface area contributed by atoms with E-state index in [4.69, 9.17) is 30.3 Å². The number of hydrogen-bond acceptors (Lipinski definition) is 7. The van der Waals surface area contributed by atoms with Gasteiger partial charge >= 0.3 is 11.9 Å². The average Bonchev–Trinajstić information content (AvgIpc) is 3.44. The zero-order valence-electron chi connectivity index (χ0n) is 23.1. The molecule has 0 saturated carbocycles. The van der Waals surface area contributed by atoms with Gasteiger partial charge in [0.25, 0.3) is 0 Å². The molecule has 39 heavy (non-hydrogen) atoms. The number of aromatic nitrogens is 4. The molecule has 10 heteroatoms. The molecule has 3 N–H and O–H groups in total. The molecule has 0 saturated heterocycles. The number of nitrogens with zero attached hydrogens (tertiary/aromatic N) is 4.